The SMILES string of the molecule is Cc1cccc2c1sc1c(N(C)c3ccccc3)cccc12. The minimum absolute atomic E-state index is 1.21. The number of rotatable bonds is 2. The van der Waals surface area contributed by atoms with Crippen LogP contribution in [0.5, 0.6) is 0 Å². The molecule has 0 spiro atoms. The maximum absolute atomic E-state index is 2.27. The zero-order chi connectivity index (χ0) is 15.1. The molecule has 4 rings (SSSR count). The van der Waals surface area contributed by atoms with Gasteiger partial charge >= 0.3 is 0 Å². The van der Waals surface area contributed by atoms with Crippen molar-refractivity contribution in [3.63, 3.8) is 0 Å². The minimum atomic E-state index is 1.21. The predicted octanol–water partition coefficient (Wildman–Crippen LogP) is 6.13. The molecule has 1 heterocycles. The third kappa shape index (κ3) is 1.99. The van der Waals surface area contributed by atoms with Crippen LogP contribution in [0, 0.1) is 6.92 Å². The lowest BCUT2D eigenvalue weighted by Crippen LogP contribution is -2.08. The predicted molar refractivity (Wildman–Crippen MR) is 98.6 cm³/mol. The number of benzene rings is 3. The van der Waals surface area contributed by atoms with Gasteiger partial charge in [-0.3, -0.25) is 0 Å². The molecular weight excluding hydrogens is 286 g/mol. The molecule has 0 aliphatic heterocycles. The Hall–Kier alpha value is -2.32. The topological polar surface area (TPSA) is 3.24 Å². The smallest absolute Gasteiger partial charge is 0.0592 e. The highest BCUT2D eigenvalue weighted by Crippen LogP contribution is 2.41. The van der Waals surface area contributed by atoms with E-state index in [0.29, 0.717) is 0 Å². The van der Waals surface area contributed by atoms with E-state index in [2.05, 4.69) is 85.6 Å². The Morgan fingerprint density at radius 2 is 1.41 bits per heavy atom. The first-order valence-corrected chi connectivity index (χ1v) is 8.27. The number of hydrogen-bond acceptors (Lipinski definition) is 2. The van der Waals surface area contributed by atoms with Gasteiger partial charge in [0.25, 0.3) is 0 Å². The molecule has 0 bridgehead atoms. The fraction of sp³-hybridized carbons (Fsp3) is 0.100. The van der Waals surface area contributed by atoms with Crippen molar-refractivity contribution in [1.82, 2.24) is 0 Å². The summed E-state index contributed by atoms with van der Waals surface area (Å²) in [6, 6.07) is 23.7. The van der Waals surface area contributed by atoms with E-state index in [0.717, 1.165) is 0 Å². The average Bonchev–Trinajstić information content (AvgIpc) is 2.95. The van der Waals surface area contributed by atoms with Crippen LogP contribution < -0.4 is 4.90 Å². The summed E-state index contributed by atoms with van der Waals surface area (Å²) in [5.74, 6) is 0. The number of fused-ring (bicyclic) bond motifs is 3. The van der Waals surface area contributed by atoms with Crippen molar-refractivity contribution < 1.29 is 0 Å². The Morgan fingerprint density at radius 1 is 0.727 bits per heavy atom. The van der Waals surface area contributed by atoms with Gasteiger partial charge in [-0.1, -0.05) is 48.5 Å². The van der Waals surface area contributed by atoms with Gasteiger partial charge in [-0.2, -0.15) is 0 Å². The van der Waals surface area contributed by atoms with Crippen LogP contribution in [0.4, 0.5) is 11.4 Å². The Labute approximate surface area is 134 Å². The molecule has 1 aromatic heterocycles. The molecule has 0 unspecified atom stereocenters. The lowest BCUT2D eigenvalue weighted by atomic mass is 10.1. The van der Waals surface area contributed by atoms with Crippen molar-refractivity contribution in [2.75, 3.05) is 11.9 Å². The fourth-order valence-corrected chi connectivity index (χ4v) is 4.32. The molecule has 22 heavy (non-hydrogen) atoms. The molecule has 2 heteroatoms. The van der Waals surface area contributed by atoms with Crippen molar-refractivity contribution in [2.45, 2.75) is 6.92 Å². The summed E-state index contributed by atoms with van der Waals surface area (Å²) < 4.78 is 2.75. The van der Waals surface area contributed by atoms with Crippen LogP contribution in [0.25, 0.3) is 20.2 Å². The average molecular weight is 303 g/mol. The highest BCUT2D eigenvalue weighted by Gasteiger charge is 2.13. The van der Waals surface area contributed by atoms with Crippen LogP contribution in [-0.2, 0) is 0 Å². The molecule has 108 valence electrons. The lowest BCUT2D eigenvalue weighted by Gasteiger charge is -2.20. The molecule has 0 radical (unpaired) electrons. The maximum atomic E-state index is 2.27. The highest BCUT2D eigenvalue weighted by molar-refractivity contribution is 7.26. The van der Waals surface area contributed by atoms with Gasteiger partial charge in [-0.05, 0) is 30.7 Å². The molecule has 0 aliphatic carbocycles. The van der Waals surface area contributed by atoms with E-state index >= 15 is 0 Å². The van der Waals surface area contributed by atoms with Gasteiger partial charge < -0.3 is 4.90 Å². The quantitative estimate of drug-likeness (QED) is 0.430. The van der Waals surface area contributed by atoms with E-state index < -0.39 is 0 Å². The Morgan fingerprint density at radius 3 is 2.18 bits per heavy atom. The van der Waals surface area contributed by atoms with Crippen LogP contribution in [0.3, 0.4) is 0 Å². The Kier molecular flexibility index (Phi) is 3.12. The van der Waals surface area contributed by atoms with Crippen molar-refractivity contribution in [3.05, 3.63) is 72.3 Å². The summed E-state index contributed by atoms with van der Waals surface area (Å²) >= 11 is 1.90. The van der Waals surface area contributed by atoms with E-state index in [9.17, 15) is 0 Å². The van der Waals surface area contributed by atoms with Crippen LogP contribution in [-0.4, -0.2) is 7.05 Å². The highest BCUT2D eigenvalue weighted by atomic mass is 32.1. The molecule has 3 aromatic carbocycles. The second-order valence-electron chi connectivity index (χ2n) is 5.60. The summed E-state index contributed by atoms with van der Waals surface area (Å²) in [7, 11) is 2.14. The molecule has 0 aliphatic rings. The van der Waals surface area contributed by atoms with E-state index in [1.807, 2.05) is 11.3 Å². The first-order valence-electron chi connectivity index (χ1n) is 7.45. The third-order valence-corrected chi connectivity index (χ3v) is 5.58. The second-order valence-corrected chi connectivity index (χ2v) is 6.62. The lowest BCUT2D eigenvalue weighted by molar-refractivity contribution is 1.22. The molecule has 0 fully saturated rings. The Bertz CT molecular complexity index is 953. The first-order chi connectivity index (χ1) is 10.8. The molecule has 1 nitrogen and oxygen atoms in total. The molecular formula is C20H17NS. The number of hydrogen-bond donors (Lipinski definition) is 0. The second kappa shape index (κ2) is 5.15. The van der Waals surface area contributed by atoms with Crippen molar-refractivity contribution in [2.24, 2.45) is 0 Å². The summed E-state index contributed by atoms with van der Waals surface area (Å²) in [5, 5.41) is 2.72. The summed E-state index contributed by atoms with van der Waals surface area (Å²) in [4.78, 5) is 2.27. The summed E-state index contributed by atoms with van der Waals surface area (Å²) in [5.41, 5.74) is 3.83. The number of anilines is 2. The van der Waals surface area contributed by atoms with E-state index in [1.54, 1.807) is 0 Å². The molecule has 0 amide bonds. The monoisotopic (exact) mass is 303 g/mol. The first kappa shape index (κ1) is 13.4. The van der Waals surface area contributed by atoms with Crippen LogP contribution in [0.2, 0.25) is 0 Å². The van der Waals surface area contributed by atoms with Gasteiger partial charge in [-0.25, -0.2) is 0 Å². The minimum Gasteiger partial charge on any atom is -0.343 e. The largest absolute Gasteiger partial charge is 0.343 e. The third-order valence-electron chi connectivity index (χ3n) is 4.21. The van der Waals surface area contributed by atoms with E-state index in [4.69, 9.17) is 0 Å². The van der Waals surface area contributed by atoms with Crippen molar-refractivity contribution >= 4 is 42.9 Å². The standard InChI is InChI=1S/C20H17NS/c1-14-8-6-11-16-17-12-7-13-18(20(17)22-19(14)16)21(2)15-9-4-3-5-10-15/h3-13H,1-2H3. The summed E-state index contributed by atoms with van der Waals surface area (Å²) in [6.45, 7) is 2.19. The molecule has 4 aromatic rings. The molecule has 0 saturated heterocycles. The molecule has 0 saturated carbocycles. The molecule has 0 atom stereocenters. The zero-order valence-corrected chi connectivity index (χ0v) is 13.5. The van der Waals surface area contributed by atoms with E-state index in [-0.39, 0.29) is 0 Å². The normalized spacial score (nSPS) is 11.2. The fourth-order valence-electron chi connectivity index (χ4n) is 3.00. The van der Waals surface area contributed by atoms with Crippen LogP contribution >= 0.6 is 11.3 Å². The van der Waals surface area contributed by atoms with Crippen LogP contribution in [0.1, 0.15) is 5.56 Å². The van der Waals surface area contributed by atoms with Crippen LogP contribution in [0.15, 0.2) is 66.7 Å². The van der Waals surface area contributed by atoms with Gasteiger partial charge in [0.2, 0.25) is 0 Å². The van der Waals surface area contributed by atoms with Crippen molar-refractivity contribution in [3.8, 4) is 0 Å². The van der Waals surface area contributed by atoms with Gasteiger partial charge in [0.15, 0.2) is 0 Å². The van der Waals surface area contributed by atoms with Gasteiger partial charge in [-0.15, -0.1) is 11.3 Å². The molecule has 0 N–H and O–H groups in total. The Balaban J connectivity index is 1.99. The number of thiophene rings is 1. The van der Waals surface area contributed by atoms with Gasteiger partial charge in [0, 0.05) is 28.2 Å². The van der Waals surface area contributed by atoms with Gasteiger partial charge in [0.1, 0.15) is 0 Å². The number of para-hydroxylation sites is 1. The number of nitrogens with zero attached hydrogens (tertiary/aromatic N) is 1. The van der Waals surface area contributed by atoms with Crippen molar-refractivity contribution in [1.29, 1.82) is 0 Å². The number of aryl methyl sites for hydroxylation is 1. The summed E-state index contributed by atoms with van der Waals surface area (Å²) in [6.07, 6.45) is 0. The van der Waals surface area contributed by atoms with Gasteiger partial charge in [0.05, 0.1) is 10.4 Å². The zero-order valence-electron chi connectivity index (χ0n) is 12.7. The van der Waals surface area contributed by atoms with E-state index in [1.165, 1.54) is 37.1 Å². The maximum Gasteiger partial charge on any atom is 0.0592 e.